The number of nitrogens with one attached hydrogen (secondary N) is 1. The van der Waals surface area contributed by atoms with Crippen LogP contribution in [0, 0.1) is 0 Å². The van der Waals surface area contributed by atoms with E-state index in [1.807, 2.05) is 24.3 Å². The molecule has 17 heavy (non-hydrogen) atoms. The van der Waals surface area contributed by atoms with Crippen LogP contribution in [-0.4, -0.2) is 23.2 Å². The van der Waals surface area contributed by atoms with Crippen LogP contribution < -0.4 is 4.74 Å². The lowest BCUT2D eigenvalue weighted by Crippen LogP contribution is -1.98. The van der Waals surface area contributed by atoms with Gasteiger partial charge in [0.15, 0.2) is 0 Å². The number of ether oxygens (including phenoxy) is 1. The molecule has 0 bridgehead atoms. The minimum atomic E-state index is -0.478. The molecule has 0 aliphatic heterocycles. The van der Waals surface area contributed by atoms with E-state index < -0.39 is 6.67 Å². The van der Waals surface area contributed by atoms with Crippen LogP contribution in [0.25, 0.3) is 21.8 Å². The third-order valence-electron chi connectivity index (χ3n) is 2.72. The van der Waals surface area contributed by atoms with Gasteiger partial charge in [0, 0.05) is 23.0 Å². The number of alkyl halides is 1. The Balaban J connectivity index is 2.13. The molecule has 0 spiro atoms. The van der Waals surface area contributed by atoms with Crippen LogP contribution in [0.3, 0.4) is 0 Å². The van der Waals surface area contributed by atoms with E-state index in [0.717, 1.165) is 21.8 Å². The van der Waals surface area contributed by atoms with Crippen LogP contribution in [0.1, 0.15) is 0 Å². The number of benzene rings is 1. The number of hydrogen-bond acceptors (Lipinski definition) is 2. The lowest BCUT2D eigenvalue weighted by atomic mass is 10.2. The molecule has 0 fully saturated rings. The first-order valence-corrected chi connectivity index (χ1v) is 5.43. The lowest BCUT2D eigenvalue weighted by molar-refractivity contribution is 0.273. The maximum atomic E-state index is 12.0. The van der Waals surface area contributed by atoms with E-state index in [9.17, 15) is 4.39 Å². The first kappa shape index (κ1) is 10.1. The molecule has 86 valence electrons. The molecular weight excluding hydrogens is 219 g/mol. The van der Waals surface area contributed by atoms with Gasteiger partial charge in [0.05, 0.1) is 17.2 Å². The number of nitrogens with zero attached hydrogens (tertiary/aromatic N) is 1. The van der Waals surface area contributed by atoms with Crippen LogP contribution in [0.15, 0.2) is 36.7 Å². The van der Waals surface area contributed by atoms with Crippen molar-refractivity contribution in [3.05, 3.63) is 36.7 Å². The predicted octanol–water partition coefficient (Wildman–Crippen LogP) is 3.06. The minimum absolute atomic E-state index is 0.0906. The summed E-state index contributed by atoms with van der Waals surface area (Å²) in [6.07, 6.45) is 3.56. The SMILES string of the molecule is FCCOc1ccc2c(c1)[nH]c1cnccc12. The zero-order valence-electron chi connectivity index (χ0n) is 9.11. The van der Waals surface area contributed by atoms with Gasteiger partial charge in [-0.1, -0.05) is 0 Å². The zero-order valence-corrected chi connectivity index (χ0v) is 9.11. The normalized spacial score (nSPS) is 11.1. The summed E-state index contributed by atoms with van der Waals surface area (Å²) in [6.45, 7) is -0.387. The van der Waals surface area contributed by atoms with Gasteiger partial charge < -0.3 is 9.72 Å². The Labute approximate surface area is 97.2 Å². The maximum absolute atomic E-state index is 12.0. The van der Waals surface area contributed by atoms with Crippen molar-refractivity contribution in [1.82, 2.24) is 9.97 Å². The maximum Gasteiger partial charge on any atom is 0.123 e. The van der Waals surface area contributed by atoms with Gasteiger partial charge in [-0.2, -0.15) is 0 Å². The first-order valence-electron chi connectivity index (χ1n) is 5.43. The standard InChI is InChI=1S/C13H11FN2O/c14-4-6-17-9-1-2-10-11-3-5-15-8-13(11)16-12(10)7-9/h1-3,5,7-8,16H,4,6H2. The van der Waals surface area contributed by atoms with Gasteiger partial charge in [0.25, 0.3) is 0 Å². The number of rotatable bonds is 3. The topological polar surface area (TPSA) is 37.9 Å². The van der Waals surface area contributed by atoms with Crippen LogP contribution in [0.4, 0.5) is 4.39 Å². The summed E-state index contributed by atoms with van der Waals surface area (Å²) in [4.78, 5) is 7.33. The molecule has 0 atom stereocenters. The summed E-state index contributed by atoms with van der Waals surface area (Å²) in [5.41, 5.74) is 1.97. The molecule has 0 saturated carbocycles. The van der Waals surface area contributed by atoms with Crippen molar-refractivity contribution in [2.24, 2.45) is 0 Å². The van der Waals surface area contributed by atoms with E-state index in [-0.39, 0.29) is 6.61 Å². The summed E-state index contributed by atoms with van der Waals surface area (Å²) in [5, 5.41) is 2.25. The van der Waals surface area contributed by atoms with Crippen molar-refractivity contribution in [2.75, 3.05) is 13.3 Å². The Kier molecular flexibility index (Phi) is 2.40. The Bertz CT molecular complexity index is 663. The van der Waals surface area contributed by atoms with Crippen LogP contribution >= 0.6 is 0 Å². The number of fused-ring (bicyclic) bond motifs is 3. The van der Waals surface area contributed by atoms with Crippen molar-refractivity contribution in [3.8, 4) is 5.75 Å². The number of halogens is 1. The van der Waals surface area contributed by atoms with E-state index in [4.69, 9.17) is 4.74 Å². The Morgan fingerprint density at radius 3 is 2.94 bits per heavy atom. The Hall–Kier alpha value is -2.10. The van der Waals surface area contributed by atoms with Crippen molar-refractivity contribution in [1.29, 1.82) is 0 Å². The van der Waals surface area contributed by atoms with Crippen LogP contribution in [-0.2, 0) is 0 Å². The lowest BCUT2D eigenvalue weighted by Gasteiger charge is -2.02. The Morgan fingerprint density at radius 1 is 1.18 bits per heavy atom. The molecule has 3 aromatic rings. The highest BCUT2D eigenvalue weighted by molar-refractivity contribution is 6.07. The average Bonchev–Trinajstić information content (AvgIpc) is 2.74. The van der Waals surface area contributed by atoms with E-state index in [0.29, 0.717) is 5.75 Å². The molecule has 0 radical (unpaired) electrons. The zero-order chi connectivity index (χ0) is 11.7. The van der Waals surface area contributed by atoms with Gasteiger partial charge in [0.1, 0.15) is 19.0 Å². The molecule has 0 unspecified atom stereocenters. The Morgan fingerprint density at radius 2 is 2.06 bits per heavy atom. The number of aromatic amines is 1. The van der Waals surface area contributed by atoms with Gasteiger partial charge in [-0.25, -0.2) is 4.39 Å². The fraction of sp³-hybridized carbons (Fsp3) is 0.154. The molecular formula is C13H11FN2O. The molecule has 3 rings (SSSR count). The molecule has 0 aliphatic rings. The molecule has 0 amide bonds. The van der Waals surface area contributed by atoms with Gasteiger partial charge in [-0.05, 0) is 18.2 Å². The quantitative estimate of drug-likeness (QED) is 0.750. The summed E-state index contributed by atoms with van der Waals surface area (Å²) in [7, 11) is 0. The molecule has 1 aromatic carbocycles. The second kappa shape index (κ2) is 4.05. The number of H-pyrrole nitrogens is 1. The fourth-order valence-electron chi connectivity index (χ4n) is 1.98. The van der Waals surface area contributed by atoms with E-state index in [2.05, 4.69) is 9.97 Å². The van der Waals surface area contributed by atoms with Gasteiger partial charge in [-0.3, -0.25) is 4.98 Å². The van der Waals surface area contributed by atoms with Crippen molar-refractivity contribution in [2.45, 2.75) is 0 Å². The fourth-order valence-corrected chi connectivity index (χ4v) is 1.98. The van der Waals surface area contributed by atoms with E-state index in [1.165, 1.54) is 0 Å². The smallest absolute Gasteiger partial charge is 0.123 e. The highest BCUT2D eigenvalue weighted by Crippen LogP contribution is 2.27. The van der Waals surface area contributed by atoms with Gasteiger partial charge >= 0.3 is 0 Å². The van der Waals surface area contributed by atoms with Crippen LogP contribution in [0.5, 0.6) is 5.75 Å². The molecule has 3 nitrogen and oxygen atoms in total. The van der Waals surface area contributed by atoms with Crippen molar-refractivity contribution >= 4 is 21.8 Å². The third kappa shape index (κ3) is 1.71. The summed E-state index contributed by atoms with van der Waals surface area (Å²) in [6, 6.07) is 7.68. The molecule has 1 N–H and O–H groups in total. The molecule has 4 heteroatoms. The van der Waals surface area contributed by atoms with E-state index in [1.54, 1.807) is 12.4 Å². The van der Waals surface area contributed by atoms with Crippen molar-refractivity contribution in [3.63, 3.8) is 0 Å². The summed E-state index contributed by atoms with van der Waals surface area (Å²) < 4.78 is 17.3. The van der Waals surface area contributed by atoms with Crippen LogP contribution in [0.2, 0.25) is 0 Å². The first-order chi connectivity index (χ1) is 8.38. The monoisotopic (exact) mass is 230 g/mol. The second-order valence-corrected chi connectivity index (χ2v) is 3.79. The summed E-state index contributed by atoms with van der Waals surface area (Å²) >= 11 is 0. The number of pyridine rings is 1. The molecule has 2 aromatic heterocycles. The second-order valence-electron chi connectivity index (χ2n) is 3.79. The largest absolute Gasteiger partial charge is 0.491 e. The predicted molar refractivity (Wildman–Crippen MR) is 65.1 cm³/mol. The van der Waals surface area contributed by atoms with Gasteiger partial charge in [-0.15, -0.1) is 0 Å². The molecule has 0 saturated heterocycles. The van der Waals surface area contributed by atoms with Crippen molar-refractivity contribution < 1.29 is 9.13 Å². The highest BCUT2D eigenvalue weighted by atomic mass is 19.1. The third-order valence-corrected chi connectivity index (χ3v) is 2.72. The average molecular weight is 230 g/mol. The number of hydrogen-bond donors (Lipinski definition) is 1. The molecule has 0 aliphatic carbocycles. The minimum Gasteiger partial charge on any atom is -0.491 e. The summed E-state index contributed by atoms with van der Waals surface area (Å²) in [5.74, 6) is 0.676. The highest BCUT2D eigenvalue weighted by Gasteiger charge is 2.04. The van der Waals surface area contributed by atoms with E-state index >= 15 is 0 Å². The number of aromatic nitrogens is 2. The van der Waals surface area contributed by atoms with Gasteiger partial charge in [0.2, 0.25) is 0 Å². The molecule has 2 heterocycles.